The van der Waals surface area contributed by atoms with Crippen molar-refractivity contribution in [1.29, 1.82) is 0 Å². The molecule has 0 aromatic heterocycles. The third-order valence-corrected chi connectivity index (χ3v) is 3.74. The minimum absolute atomic E-state index is 0.353. The molecule has 0 amide bonds. The summed E-state index contributed by atoms with van der Waals surface area (Å²) in [6.45, 7) is 6.15. The number of rotatable bonds is 5. The molecular formula is C18H21ClO2. The molecule has 0 aliphatic heterocycles. The summed E-state index contributed by atoms with van der Waals surface area (Å²) in [5, 5.41) is 11.0. The number of hydrogen-bond donors (Lipinski definition) is 1. The smallest absolute Gasteiger partial charge is 0.126 e. The number of aliphatic hydroxyl groups excluding tert-OH is 1. The molecule has 2 atom stereocenters. The summed E-state index contributed by atoms with van der Waals surface area (Å²) in [6.07, 6.45) is -1.03. The van der Waals surface area contributed by atoms with E-state index in [9.17, 15) is 5.11 Å². The van der Waals surface area contributed by atoms with E-state index in [-0.39, 0.29) is 6.10 Å². The van der Waals surface area contributed by atoms with E-state index in [1.807, 2.05) is 31.2 Å². The highest BCUT2D eigenvalue weighted by molar-refractivity contribution is 6.30. The number of hydrogen-bond acceptors (Lipinski definition) is 2. The van der Waals surface area contributed by atoms with E-state index >= 15 is 0 Å². The van der Waals surface area contributed by atoms with Gasteiger partial charge in [0.15, 0.2) is 0 Å². The van der Waals surface area contributed by atoms with E-state index in [0.717, 1.165) is 5.56 Å². The molecule has 0 saturated carbocycles. The lowest BCUT2D eigenvalue weighted by Crippen LogP contribution is -2.21. The van der Waals surface area contributed by atoms with Crippen LogP contribution in [0, 0.1) is 0 Å². The average Bonchev–Trinajstić information content (AvgIpc) is 2.46. The van der Waals surface area contributed by atoms with Gasteiger partial charge in [-0.25, -0.2) is 0 Å². The lowest BCUT2D eigenvalue weighted by molar-refractivity contribution is 0.0467. The Balaban J connectivity index is 2.06. The Hall–Kier alpha value is -1.51. The zero-order valence-electron chi connectivity index (χ0n) is 12.6. The van der Waals surface area contributed by atoms with Crippen molar-refractivity contribution < 1.29 is 9.84 Å². The molecule has 0 heterocycles. The fourth-order valence-corrected chi connectivity index (χ4v) is 2.35. The standard InChI is InChI=1S/C18H21ClO2/c1-12(2)14-7-9-15(10-8-14)18(20)13(3)21-17-6-4-5-16(19)11-17/h4-13,18,20H,1-3H3. The minimum Gasteiger partial charge on any atom is -0.488 e. The van der Waals surface area contributed by atoms with E-state index in [0.29, 0.717) is 16.7 Å². The quantitative estimate of drug-likeness (QED) is 0.845. The first kappa shape index (κ1) is 15.9. The Morgan fingerprint density at radius 3 is 2.14 bits per heavy atom. The van der Waals surface area contributed by atoms with E-state index < -0.39 is 6.10 Å². The average molecular weight is 305 g/mol. The van der Waals surface area contributed by atoms with Gasteiger partial charge in [0.1, 0.15) is 18.0 Å². The van der Waals surface area contributed by atoms with Crippen molar-refractivity contribution in [1.82, 2.24) is 0 Å². The maximum absolute atomic E-state index is 10.4. The Kier molecular flexibility index (Phi) is 5.27. The number of halogens is 1. The molecule has 0 fully saturated rings. The molecule has 2 aromatic carbocycles. The second kappa shape index (κ2) is 6.97. The Morgan fingerprint density at radius 2 is 1.57 bits per heavy atom. The molecule has 2 aromatic rings. The molecule has 0 radical (unpaired) electrons. The van der Waals surface area contributed by atoms with E-state index in [4.69, 9.17) is 16.3 Å². The molecule has 2 rings (SSSR count). The highest BCUT2D eigenvalue weighted by Crippen LogP contribution is 2.25. The van der Waals surface area contributed by atoms with Crippen molar-refractivity contribution in [2.75, 3.05) is 0 Å². The van der Waals surface area contributed by atoms with Crippen molar-refractivity contribution >= 4 is 11.6 Å². The van der Waals surface area contributed by atoms with Gasteiger partial charge >= 0.3 is 0 Å². The molecule has 0 saturated heterocycles. The number of benzene rings is 2. The zero-order valence-corrected chi connectivity index (χ0v) is 13.3. The van der Waals surface area contributed by atoms with Gasteiger partial charge in [0, 0.05) is 5.02 Å². The summed E-state index contributed by atoms with van der Waals surface area (Å²) in [4.78, 5) is 0. The third-order valence-electron chi connectivity index (χ3n) is 3.51. The normalized spacial score (nSPS) is 14.0. The largest absolute Gasteiger partial charge is 0.488 e. The summed E-state index contributed by atoms with van der Waals surface area (Å²) < 4.78 is 5.75. The number of ether oxygens (including phenoxy) is 1. The molecule has 3 heteroatoms. The Labute approximate surface area is 131 Å². The predicted molar refractivity (Wildman–Crippen MR) is 87.0 cm³/mol. The molecule has 112 valence electrons. The number of aliphatic hydroxyl groups is 1. The Bertz CT molecular complexity index is 578. The second-order valence-corrected chi connectivity index (χ2v) is 5.98. The molecule has 0 aliphatic carbocycles. The van der Waals surface area contributed by atoms with Crippen LogP contribution in [0.1, 0.15) is 43.9 Å². The summed E-state index contributed by atoms with van der Waals surface area (Å²) in [6, 6.07) is 15.2. The zero-order chi connectivity index (χ0) is 15.4. The predicted octanol–water partition coefficient (Wildman–Crippen LogP) is 4.96. The lowest BCUT2D eigenvalue weighted by atomic mass is 9.98. The summed E-state index contributed by atoms with van der Waals surface area (Å²) >= 11 is 5.93. The van der Waals surface area contributed by atoms with Crippen LogP contribution in [0.25, 0.3) is 0 Å². The topological polar surface area (TPSA) is 29.5 Å². The van der Waals surface area contributed by atoms with Crippen molar-refractivity contribution in [3.63, 3.8) is 0 Å². The highest BCUT2D eigenvalue weighted by atomic mass is 35.5. The summed E-state index contributed by atoms with van der Waals surface area (Å²) in [5.74, 6) is 1.14. The van der Waals surface area contributed by atoms with Gasteiger partial charge in [-0.15, -0.1) is 0 Å². The van der Waals surface area contributed by atoms with Crippen LogP contribution in [0.5, 0.6) is 5.75 Å². The van der Waals surface area contributed by atoms with E-state index in [1.165, 1.54) is 5.56 Å². The summed E-state index contributed by atoms with van der Waals surface area (Å²) in [7, 11) is 0. The Morgan fingerprint density at radius 1 is 0.952 bits per heavy atom. The molecular weight excluding hydrogens is 284 g/mol. The van der Waals surface area contributed by atoms with Gasteiger partial charge < -0.3 is 9.84 Å². The third kappa shape index (κ3) is 4.23. The van der Waals surface area contributed by atoms with Gasteiger partial charge in [-0.05, 0) is 42.2 Å². The van der Waals surface area contributed by atoms with Crippen molar-refractivity contribution in [3.05, 3.63) is 64.7 Å². The molecule has 2 nitrogen and oxygen atoms in total. The monoisotopic (exact) mass is 304 g/mol. The van der Waals surface area contributed by atoms with Gasteiger partial charge in [0.05, 0.1) is 0 Å². The SMILES string of the molecule is CC(C)c1ccc(C(O)C(C)Oc2cccc(Cl)c2)cc1. The maximum atomic E-state index is 10.4. The molecule has 0 aliphatic rings. The summed E-state index contributed by atoms with van der Waals surface area (Å²) in [5.41, 5.74) is 2.11. The highest BCUT2D eigenvalue weighted by Gasteiger charge is 2.18. The van der Waals surface area contributed by atoms with Crippen LogP contribution >= 0.6 is 11.6 Å². The lowest BCUT2D eigenvalue weighted by Gasteiger charge is -2.21. The van der Waals surface area contributed by atoms with E-state index in [1.54, 1.807) is 12.1 Å². The van der Waals surface area contributed by atoms with Crippen LogP contribution < -0.4 is 4.74 Å². The molecule has 1 N–H and O–H groups in total. The van der Waals surface area contributed by atoms with Crippen LogP contribution in [0.3, 0.4) is 0 Å². The van der Waals surface area contributed by atoms with Crippen molar-refractivity contribution in [2.45, 2.75) is 38.9 Å². The molecule has 2 unspecified atom stereocenters. The van der Waals surface area contributed by atoms with Gasteiger partial charge in [-0.2, -0.15) is 0 Å². The molecule has 21 heavy (non-hydrogen) atoms. The van der Waals surface area contributed by atoms with Crippen LogP contribution in [0.4, 0.5) is 0 Å². The van der Waals surface area contributed by atoms with Crippen LogP contribution in [-0.4, -0.2) is 11.2 Å². The van der Waals surface area contributed by atoms with Gasteiger partial charge in [-0.3, -0.25) is 0 Å². The van der Waals surface area contributed by atoms with Crippen LogP contribution in [-0.2, 0) is 0 Å². The fraction of sp³-hybridized carbons (Fsp3) is 0.333. The van der Waals surface area contributed by atoms with Crippen molar-refractivity contribution in [2.24, 2.45) is 0 Å². The minimum atomic E-state index is -0.676. The first-order valence-corrected chi connectivity index (χ1v) is 7.55. The maximum Gasteiger partial charge on any atom is 0.126 e. The first-order valence-electron chi connectivity index (χ1n) is 7.17. The van der Waals surface area contributed by atoms with Gasteiger partial charge in [0.2, 0.25) is 0 Å². The van der Waals surface area contributed by atoms with Gasteiger partial charge in [0.25, 0.3) is 0 Å². The van der Waals surface area contributed by atoms with E-state index in [2.05, 4.69) is 26.0 Å². The fourth-order valence-electron chi connectivity index (χ4n) is 2.17. The van der Waals surface area contributed by atoms with Crippen molar-refractivity contribution in [3.8, 4) is 5.75 Å². The van der Waals surface area contributed by atoms with Gasteiger partial charge in [-0.1, -0.05) is 55.8 Å². The second-order valence-electron chi connectivity index (χ2n) is 5.55. The molecule has 0 spiro atoms. The van der Waals surface area contributed by atoms with Crippen LogP contribution in [0.15, 0.2) is 48.5 Å². The first-order chi connectivity index (χ1) is 9.97. The van der Waals surface area contributed by atoms with Crippen LogP contribution in [0.2, 0.25) is 5.02 Å². The molecule has 0 bridgehead atoms.